The molecular weight excluding hydrogens is 397 g/mol. The number of hydrogen-bond donors (Lipinski definition) is 0. The average Bonchev–Trinajstić information content (AvgIpc) is 2.41. The second-order valence-corrected chi connectivity index (χ2v) is 5.60. The fourth-order valence-electron chi connectivity index (χ4n) is 1.64. The van der Waals surface area contributed by atoms with Gasteiger partial charge in [0.15, 0.2) is 0 Å². The first-order valence-corrected chi connectivity index (χ1v) is 7.00. The molecule has 0 spiro atoms. The summed E-state index contributed by atoms with van der Waals surface area (Å²) >= 11 is 7.94. The minimum atomic E-state index is -0.500. The summed E-state index contributed by atoms with van der Waals surface area (Å²) in [7, 11) is 0. The molecule has 0 aliphatic heterocycles. The SMILES string of the molecule is Cc1ncn(Cc2cc([N+](=O)[O-])ccc2Cl)c(=O)c1I. The van der Waals surface area contributed by atoms with Crippen LogP contribution in [0.1, 0.15) is 11.3 Å². The van der Waals surface area contributed by atoms with Crippen molar-refractivity contribution in [3.05, 3.63) is 64.8 Å². The quantitative estimate of drug-likeness (QED) is 0.447. The van der Waals surface area contributed by atoms with Crippen molar-refractivity contribution in [1.82, 2.24) is 9.55 Å². The molecule has 2 aromatic rings. The lowest BCUT2D eigenvalue weighted by Gasteiger charge is -2.08. The molecule has 2 rings (SSSR count). The van der Waals surface area contributed by atoms with Gasteiger partial charge >= 0.3 is 0 Å². The third kappa shape index (κ3) is 2.98. The van der Waals surface area contributed by atoms with Gasteiger partial charge in [-0.15, -0.1) is 0 Å². The lowest BCUT2D eigenvalue weighted by atomic mass is 10.2. The molecule has 1 heterocycles. The van der Waals surface area contributed by atoms with Gasteiger partial charge in [-0.05, 0) is 41.1 Å². The first kappa shape index (κ1) is 14.9. The number of aromatic nitrogens is 2. The zero-order chi connectivity index (χ0) is 14.9. The zero-order valence-corrected chi connectivity index (χ0v) is 13.3. The summed E-state index contributed by atoms with van der Waals surface area (Å²) in [5.74, 6) is 0. The second kappa shape index (κ2) is 5.88. The lowest BCUT2D eigenvalue weighted by Crippen LogP contribution is -2.24. The molecule has 8 heteroatoms. The second-order valence-electron chi connectivity index (χ2n) is 4.11. The van der Waals surface area contributed by atoms with Crippen LogP contribution in [0.2, 0.25) is 5.02 Å². The van der Waals surface area contributed by atoms with E-state index in [9.17, 15) is 14.9 Å². The maximum atomic E-state index is 12.1. The van der Waals surface area contributed by atoms with E-state index in [4.69, 9.17) is 11.6 Å². The molecule has 1 aromatic heterocycles. The van der Waals surface area contributed by atoms with E-state index >= 15 is 0 Å². The van der Waals surface area contributed by atoms with Crippen LogP contribution in [0.25, 0.3) is 0 Å². The first-order chi connectivity index (χ1) is 9.40. The fourth-order valence-corrected chi connectivity index (χ4v) is 2.26. The molecule has 0 aliphatic rings. The van der Waals surface area contributed by atoms with E-state index < -0.39 is 4.92 Å². The van der Waals surface area contributed by atoms with Crippen LogP contribution in [0, 0.1) is 20.6 Å². The monoisotopic (exact) mass is 405 g/mol. The Kier molecular flexibility index (Phi) is 4.39. The Hall–Kier alpha value is -1.48. The lowest BCUT2D eigenvalue weighted by molar-refractivity contribution is -0.384. The summed E-state index contributed by atoms with van der Waals surface area (Å²) in [6.45, 7) is 1.89. The predicted octanol–water partition coefficient (Wildman–Crippen LogP) is 2.77. The van der Waals surface area contributed by atoms with Crippen molar-refractivity contribution in [2.24, 2.45) is 0 Å². The van der Waals surface area contributed by atoms with Crippen LogP contribution in [0.4, 0.5) is 5.69 Å². The molecule has 0 N–H and O–H groups in total. The van der Waals surface area contributed by atoms with E-state index in [1.165, 1.54) is 29.1 Å². The van der Waals surface area contributed by atoms with E-state index in [0.717, 1.165) is 0 Å². The van der Waals surface area contributed by atoms with E-state index in [1.54, 1.807) is 6.92 Å². The Balaban J connectivity index is 2.45. The van der Waals surface area contributed by atoms with Gasteiger partial charge in [-0.3, -0.25) is 19.5 Å². The molecule has 104 valence electrons. The third-order valence-corrected chi connectivity index (χ3v) is 4.35. The normalized spacial score (nSPS) is 10.6. The number of non-ortho nitro benzene ring substituents is 1. The highest BCUT2D eigenvalue weighted by atomic mass is 127. The molecule has 0 saturated carbocycles. The summed E-state index contributed by atoms with van der Waals surface area (Å²) < 4.78 is 1.89. The molecule has 6 nitrogen and oxygen atoms in total. The molecule has 0 unspecified atom stereocenters. The standard InChI is InChI=1S/C12H9ClIN3O3/c1-7-11(14)12(18)16(6-15-7)5-8-4-9(17(19)20)2-3-10(8)13/h2-4,6H,5H2,1H3. The van der Waals surface area contributed by atoms with Crippen LogP contribution in [-0.4, -0.2) is 14.5 Å². The number of nitrogens with zero attached hydrogens (tertiary/aromatic N) is 3. The van der Waals surface area contributed by atoms with Gasteiger partial charge in [0.25, 0.3) is 11.2 Å². The van der Waals surface area contributed by atoms with E-state index in [2.05, 4.69) is 4.98 Å². The zero-order valence-electron chi connectivity index (χ0n) is 10.3. The van der Waals surface area contributed by atoms with Crippen LogP contribution in [0.3, 0.4) is 0 Å². The number of hydrogen-bond acceptors (Lipinski definition) is 4. The molecular formula is C12H9ClIN3O3. The van der Waals surface area contributed by atoms with Gasteiger partial charge in [0.1, 0.15) is 0 Å². The largest absolute Gasteiger partial charge is 0.294 e. The Morgan fingerprint density at radius 3 is 2.85 bits per heavy atom. The van der Waals surface area contributed by atoms with Gasteiger partial charge in [-0.2, -0.15) is 0 Å². The highest BCUT2D eigenvalue weighted by Gasteiger charge is 2.12. The van der Waals surface area contributed by atoms with Crippen molar-refractivity contribution in [3.63, 3.8) is 0 Å². The Labute approximate surface area is 132 Å². The summed E-state index contributed by atoms with van der Waals surface area (Å²) in [5, 5.41) is 11.1. The molecule has 0 bridgehead atoms. The number of nitro benzene ring substituents is 1. The number of rotatable bonds is 3. The topological polar surface area (TPSA) is 78.0 Å². The number of halogens is 2. The van der Waals surface area contributed by atoms with Gasteiger partial charge in [0.2, 0.25) is 0 Å². The molecule has 0 saturated heterocycles. The molecule has 0 amide bonds. The molecule has 20 heavy (non-hydrogen) atoms. The van der Waals surface area contributed by atoms with Crippen molar-refractivity contribution < 1.29 is 4.92 Å². The minimum absolute atomic E-state index is 0.0628. The van der Waals surface area contributed by atoms with Crippen LogP contribution in [0.5, 0.6) is 0 Å². The van der Waals surface area contributed by atoms with Crippen LogP contribution in [-0.2, 0) is 6.54 Å². The smallest absolute Gasteiger partial charge is 0.269 e. The third-order valence-electron chi connectivity index (χ3n) is 2.74. The maximum Gasteiger partial charge on any atom is 0.269 e. The molecule has 0 aliphatic carbocycles. The van der Waals surface area contributed by atoms with Crippen LogP contribution >= 0.6 is 34.2 Å². The first-order valence-electron chi connectivity index (χ1n) is 5.54. The average molecular weight is 406 g/mol. The summed E-state index contributed by atoms with van der Waals surface area (Å²) in [5.41, 5.74) is 0.897. The van der Waals surface area contributed by atoms with E-state index in [1.807, 2.05) is 22.6 Å². The number of aryl methyl sites for hydroxylation is 1. The Morgan fingerprint density at radius 2 is 2.20 bits per heavy atom. The van der Waals surface area contributed by atoms with E-state index in [-0.39, 0.29) is 17.8 Å². The van der Waals surface area contributed by atoms with Gasteiger partial charge in [0, 0.05) is 17.2 Å². The van der Waals surface area contributed by atoms with Gasteiger partial charge in [-0.1, -0.05) is 11.6 Å². The van der Waals surface area contributed by atoms with Gasteiger partial charge in [-0.25, -0.2) is 4.98 Å². The number of benzene rings is 1. The summed E-state index contributed by atoms with van der Waals surface area (Å²) in [4.78, 5) is 26.4. The van der Waals surface area contributed by atoms with E-state index in [0.29, 0.717) is 19.9 Å². The summed E-state index contributed by atoms with van der Waals surface area (Å²) in [6.07, 6.45) is 1.41. The Bertz CT molecular complexity index is 745. The van der Waals surface area contributed by atoms with Crippen molar-refractivity contribution in [1.29, 1.82) is 0 Å². The molecule has 0 atom stereocenters. The molecule has 0 radical (unpaired) electrons. The highest BCUT2D eigenvalue weighted by molar-refractivity contribution is 14.1. The Morgan fingerprint density at radius 1 is 1.50 bits per heavy atom. The molecule has 0 fully saturated rings. The van der Waals surface area contributed by atoms with Gasteiger partial charge in [0.05, 0.1) is 27.1 Å². The van der Waals surface area contributed by atoms with Crippen molar-refractivity contribution in [2.45, 2.75) is 13.5 Å². The fraction of sp³-hybridized carbons (Fsp3) is 0.167. The number of nitro groups is 1. The predicted molar refractivity (Wildman–Crippen MR) is 83.2 cm³/mol. The minimum Gasteiger partial charge on any atom is -0.294 e. The van der Waals surface area contributed by atoms with Crippen molar-refractivity contribution in [3.8, 4) is 0 Å². The van der Waals surface area contributed by atoms with Crippen LogP contribution in [0.15, 0.2) is 29.3 Å². The summed E-state index contributed by atoms with van der Waals surface area (Å²) in [6, 6.07) is 4.14. The maximum absolute atomic E-state index is 12.1. The van der Waals surface area contributed by atoms with Crippen LogP contribution < -0.4 is 5.56 Å². The molecule has 1 aromatic carbocycles. The van der Waals surface area contributed by atoms with Gasteiger partial charge < -0.3 is 0 Å². The highest BCUT2D eigenvalue weighted by Crippen LogP contribution is 2.22. The van der Waals surface area contributed by atoms with Crippen molar-refractivity contribution in [2.75, 3.05) is 0 Å². The van der Waals surface area contributed by atoms with Crippen molar-refractivity contribution >= 4 is 39.9 Å².